The second kappa shape index (κ2) is 20.4. The number of ether oxygens (including phenoxy) is 4. The van der Waals surface area contributed by atoms with Crippen LogP contribution in [0.5, 0.6) is 5.75 Å². The maximum atomic E-state index is 15.0. The Labute approximate surface area is 371 Å². The first-order valence-corrected chi connectivity index (χ1v) is 26.2. The molecular weight excluding hydrogens is 846 g/mol. The number of hydrogen-bond donors (Lipinski definition) is 0. The Hall–Kier alpha value is -5.15. The molecule has 0 bridgehead atoms. The molecule has 62 heavy (non-hydrogen) atoms. The number of aromatic nitrogens is 4. The molecule has 1 aliphatic rings. The van der Waals surface area contributed by atoms with Crippen molar-refractivity contribution in [3.63, 3.8) is 0 Å². The zero-order valence-corrected chi connectivity index (χ0v) is 39.7. The van der Waals surface area contributed by atoms with Gasteiger partial charge >= 0.3 is 12.1 Å². The lowest BCUT2D eigenvalue weighted by molar-refractivity contribution is 0.0320. The number of benzene rings is 2. The standard InChI is InChI=1S/C45H56FN7O6S2Si/c1-10-57-41(54)38-37(20-15-25-58-35-22-21-31(28-33(35)46)16-13-23-51(6)44(55)59-45(3,4)5)61-42(47-38)52-24-14-17-32-30(2)39(49-50-40(32)52)48-43-53(29-56-26-27-62(7,8)9)34-18-11-12-19-36(34)60-43/h11-12,18-19,21-22,28H,10,14-15,17,20,23-27,29H2,1-9H3/b48-43-. The molecule has 0 saturated carbocycles. The van der Waals surface area contributed by atoms with Crippen LogP contribution in [0.1, 0.15) is 72.6 Å². The van der Waals surface area contributed by atoms with E-state index in [9.17, 15) is 9.59 Å². The Kier molecular flexibility index (Phi) is 15.2. The zero-order chi connectivity index (χ0) is 44.6. The van der Waals surface area contributed by atoms with Crippen LogP contribution in [-0.2, 0) is 33.8 Å². The first kappa shape index (κ1) is 46.4. The van der Waals surface area contributed by atoms with E-state index in [1.807, 2.05) is 24.0 Å². The highest BCUT2D eigenvalue weighted by Gasteiger charge is 2.29. The van der Waals surface area contributed by atoms with Crippen molar-refractivity contribution in [1.82, 2.24) is 24.6 Å². The van der Waals surface area contributed by atoms with Crippen LogP contribution in [0.2, 0.25) is 25.7 Å². The number of fused-ring (bicyclic) bond motifs is 2. The van der Waals surface area contributed by atoms with Gasteiger partial charge in [0.05, 0.1) is 30.0 Å². The molecule has 5 aromatic rings. The molecule has 3 aromatic heterocycles. The van der Waals surface area contributed by atoms with Gasteiger partial charge in [0.1, 0.15) is 12.3 Å². The number of anilines is 2. The molecule has 330 valence electrons. The fourth-order valence-corrected chi connectivity index (χ4v) is 9.37. The highest BCUT2D eigenvalue weighted by atomic mass is 32.1. The van der Waals surface area contributed by atoms with Crippen LogP contribution in [0.4, 0.5) is 26.0 Å². The molecule has 0 spiro atoms. The molecule has 6 rings (SSSR count). The third-order valence-corrected chi connectivity index (χ3v) is 13.6. The summed E-state index contributed by atoms with van der Waals surface area (Å²) in [5.41, 5.74) is 3.14. The van der Waals surface area contributed by atoms with Gasteiger partial charge in [-0.1, -0.05) is 55.0 Å². The molecule has 0 N–H and O–H groups in total. The first-order chi connectivity index (χ1) is 29.5. The molecule has 0 fully saturated rings. The van der Waals surface area contributed by atoms with Crippen molar-refractivity contribution in [2.24, 2.45) is 4.99 Å². The van der Waals surface area contributed by atoms with Gasteiger partial charge in [0.2, 0.25) is 0 Å². The van der Waals surface area contributed by atoms with Crippen molar-refractivity contribution in [3.05, 3.63) is 80.3 Å². The smallest absolute Gasteiger partial charge is 0.410 e. The summed E-state index contributed by atoms with van der Waals surface area (Å²) in [5.74, 6) is 6.06. The minimum Gasteiger partial charge on any atom is -0.491 e. The van der Waals surface area contributed by atoms with Crippen LogP contribution in [-0.4, -0.2) is 90.3 Å². The Morgan fingerprint density at radius 3 is 2.61 bits per heavy atom. The number of carbonyl (C=O) groups is 2. The molecular formula is C45H56FN7O6S2Si. The summed E-state index contributed by atoms with van der Waals surface area (Å²) in [6, 6.07) is 13.8. The molecule has 0 unspecified atom stereocenters. The minimum absolute atomic E-state index is 0.0926. The normalized spacial score (nSPS) is 13.1. The van der Waals surface area contributed by atoms with E-state index >= 15 is 4.39 Å². The van der Waals surface area contributed by atoms with E-state index in [1.54, 1.807) is 52.1 Å². The van der Waals surface area contributed by atoms with E-state index in [2.05, 4.69) is 53.3 Å². The van der Waals surface area contributed by atoms with Crippen LogP contribution >= 0.6 is 22.7 Å². The SMILES string of the molecule is CCOC(=O)c1nc(N2CCCc3c2nnc(/N=c2\sc4ccccc4n2COCC[Si](C)(C)C)c3C)sc1CCCOc1ccc(C#CCN(C)C(=O)OC(C)(C)C)cc1F. The Bertz CT molecular complexity index is 2530. The maximum Gasteiger partial charge on any atom is 0.410 e. The summed E-state index contributed by atoms with van der Waals surface area (Å²) in [6.07, 6.45) is 2.12. The number of esters is 1. The van der Waals surface area contributed by atoms with Crippen molar-refractivity contribution >= 4 is 69.8 Å². The molecule has 0 saturated heterocycles. The van der Waals surface area contributed by atoms with Crippen molar-refractivity contribution in [1.29, 1.82) is 0 Å². The summed E-state index contributed by atoms with van der Waals surface area (Å²) < 4.78 is 41.0. The third kappa shape index (κ3) is 12.1. The summed E-state index contributed by atoms with van der Waals surface area (Å²) in [4.78, 5) is 40.1. The van der Waals surface area contributed by atoms with Gasteiger partial charge < -0.3 is 28.7 Å². The fourth-order valence-electron chi connectivity index (χ4n) is 6.48. The Morgan fingerprint density at radius 1 is 1.08 bits per heavy atom. The first-order valence-electron chi connectivity index (χ1n) is 20.9. The Morgan fingerprint density at radius 2 is 1.87 bits per heavy atom. The van der Waals surface area contributed by atoms with Gasteiger partial charge in [0, 0.05) is 49.8 Å². The van der Waals surface area contributed by atoms with E-state index in [-0.39, 0.29) is 31.2 Å². The van der Waals surface area contributed by atoms with E-state index < -0.39 is 31.6 Å². The fraction of sp³-hybridized carbons (Fsp3) is 0.467. The van der Waals surface area contributed by atoms with Gasteiger partial charge in [0.15, 0.2) is 38.8 Å². The zero-order valence-electron chi connectivity index (χ0n) is 37.1. The van der Waals surface area contributed by atoms with Crippen LogP contribution < -0.4 is 14.4 Å². The van der Waals surface area contributed by atoms with Crippen LogP contribution in [0.3, 0.4) is 0 Å². The number of halogens is 1. The van der Waals surface area contributed by atoms with Crippen molar-refractivity contribution in [2.75, 3.05) is 44.9 Å². The van der Waals surface area contributed by atoms with E-state index in [1.165, 1.54) is 28.4 Å². The minimum atomic E-state index is -1.24. The lowest BCUT2D eigenvalue weighted by atomic mass is 10.0. The number of rotatable bonds is 15. The van der Waals surface area contributed by atoms with Gasteiger partial charge in [-0.05, 0) is 96.7 Å². The number of aryl methyl sites for hydroxylation is 1. The monoisotopic (exact) mass is 901 g/mol. The third-order valence-electron chi connectivity index (χ3n) is 9.75. The molecule has 1 aliphatic heterocycles. The number of hydrogen-bond acceptors (Lipinski definition) is 13. The van der Waals surface area contributed by atoms with E-state index in [0.29, 0.717) is 55.1 Å². The average Bonchev–Trinajstić information content (AvgIpc) is 3.80. The Balaban J connectivity index is 1.15. The second-order valence-corrected chi connectivity index (χ2v) is 24.9. The van der Waals surface area contributed by atoms with Gasteiger partial charge in [-0.25, -0.2) is 19.0 Å². The largest absolute Gasteiger partial charge is 0.491 e. The predicted octanol–water partition coefficient (Wildman–Crippen LogP) is 9.43. The van der Waals surface area contributed by atoms with Gasteiger partial charge in [-0.2, -0.15) is 4.99 Å². The average molecular weight is 902 g/mol. The highest BCUT2D eigenvalue weighted by Crippen LogP contribution is 2.39. The molecule has 0 radical (unpaired) electrons. The summed E-state index contributed by atoms with van der Waals surface area (Å²) in [7, 11) is 0.353. The summed E-state index contributed by atoms with van der Waals surface area (Å²) in [6.45, 7) is 18.5. The van der Waals surface area contributed by atoms with Gasteiger partial charge in [-0.15, -0.1) is 21.5 Å². The quantitative estimate of drug-likeness (QED) is 0.0433. The number of nitrogens with zero attached hydrogens (tertiary/aromatic N) is 7. The van der Waals surface area contributed by atoms with Gasteiger partial charge in [-0.3, -0.25) is 4.57 Å². The van der Waals surface area contributed by atoms with Crippen LogP contribution in [0.25, 0.3) is 10.2 Å². The van der Waals surface area contributed by atoms with E-state index in [0.717, 1.165) is 49.9 Å². The lowest BCUT2D eigenvalue weighted by Gasteiger charge is -2.28. The number of thiazole rings is 2. The second-order valence-electron chi connectivity index (χ2n) is 17.2. The molecule has 13 nitrogen and oxygen atoms in total. The topological polar surface area (TPSA) is 134 Å². The lowest BCUT2D eigenvalue weighted by Crippen LogP contribution is -2.34. The summed E-state index contributed by atoms with van der Waals surface area (Å²) >= 11 is 3.01. The predicted molar refractivity (Wildman–Crippen MR) is 245 cm³/mol. The van der Waals surface area contributed by atoms with Crippen LogP contribution in [0.15, 0.2) is 47.5 Å². The molecule has 4 heterocycles. The molecule has 1 amide bonds. The summed E-state index contributed by atoms with van der Waals surface area (Å²) in [5, 5.41) is 10.00. The number of carbonyl (C=O) groups excluding carboxylic acids is 2. The molecule has 17 heteroatoms. The van der Waals surface area contributed by atoms with Crippen molar-refractivity contribution < 1.29 is 32.9 Å². The van der Waals surface area contributed by atoms with Gasteiger partial charge in [0.25, 0.3) is 0 Å². The van der Waals surface area contributed by atoms with E-state index in [4.69, 9.17) is 34.0 Å². The molecule has 0 aliphatic carbocycles. The van der Waals surface area contributed by atoms with Crippen LogP contribution in [0, 0.1) is 24.6 Å². The molecule has 0 atom stereocenters. The molecule has 2 aromatic carbocycles. The number of para-hydroxylation sites is 1. The van der Waals surface area contributed by atoms with Crippen molar-refractivity contribution in [3.8, 4) is 17.6 Å². The highest BCUT2D eigenvalue weighted by molar-refractivity contribution is 7.16. The van der Waals surface area contributed by atoms with Crippen molar-refractivity contribution in [2.45, 2.75) is 98.3 Å². The maximum absolute atomic E-state index is 15.0. The number of amides is 1.